The molecule has 1 N–H and O–H groups in total. The molecular weight excluding hydrogens is 218 g/mol. The molecule has 0 aliphatic rings. The van der Waals surface area contributed by atoms with Crippen molar-refractivity contribution in [2.45, 2.75) is 12.8 Å². The first-order valence-corrected chi connectivity index (χ1v) is 5.03. The summed E-state index contributed by atoms with van der Waals surface area (Å²) in [5.41, 5.74) is 9.83. The van der Waals surface area contributed by atoms with Crippen molar-refractivity contribution in [3.8, 4) is 11.8 Å². The van der Waals surface area contributed by atoms with Crippen LogP contribution in [0.4, 0.5) is 0 Å². The van der Waals surface area contributed by atoms with Crippen molar-refractivity contribution in [2.24, 2.45) is 5.11 Å². The Balaban J connectivity index is 2.57. The number of rotatable bonds is 4. The predicted molar refractivity (Wildman–Crippen MR) is 63.3 cm³/mol. The van der Waals surface area contributed by atoms with Gasteiger partial charge in [0.15, 0.2) is 0 Å². The second kappa shape index (κ2) is 6.94. The molecule has 0 heterocycles. The van der Waals surface area contributed by atoms with Crippen LogP contribution in [0, 0.1) is 11.8 Å². The Labute approximate surface area is 98.7 Å². The Hall–Kier alpha value is -2.44. The van der Waals surface area contributed by atoms with Crippen LogP contribution in [0.1, 0.15) is 17.5 Å². The number of benzene rings is 1. The highest BCUT2D eigenvalue weighted by Crippen LogP contribution is 2.05. The second-order valence-corrected chi connectivity index (χ2v) is 3.28. The van der Waals surface area contributed by atoms with E-state index in [-0.39, 0.29) is 13.0 Å². The molecule has 0 atom stereocenters. The quantitative estimate of drug-likeness (QED) is 0.372. The number of carbonyl (C=O) groups is 1. The van der Waals surface area contributed by atoms with Crippen LogP contribution in [-0.2, 0) is 11.2 Å². The summed E-state index contributed by atoms with van der Waals surface area (Å²) < 4.78 is 0. The lowest BCUT2D eigenvalue weighted by atomic mass is 10.1. The molecule has 0 unspecified atom stereocenters. The fraction of sp³-hybridized carbons (Fsp3) is 0.250. The van der Waals surface area contributed by atoms with Gasteiger partial charge in [-0.3, -0.25) is 4.79 Å². The number of aryl methyl sites for hydroxylation is 1. The molecule has 0 saturated carbocycles. The van der Waals surface area contributed by atoms with Gasteiger partial charge >= 0.3 is 5.97 Å². The third kappa shape index (κ3) is 5.26. The molecule has 5 heteroatoms. The van der Waals surface area contributed by atoms with Gasteiger partial charge in [-0.2, -0.15) is 0 Å². The predicted octanol–water partition coefficient (Wildman–Crippen LogP) is 2.37. The molecule has 1 aromatic rings. The van der Waals surface area contributed by atoms with Crippen LogP contribution in [0.5, 0.6) is 0 Å². The highest BCUT2D eigenvalue weighted by atomic mass is 16.4. The first-order valence-electron chi connectivity index (χ1n) is 5.03. The molecule has 86 valence electrons. The largest absolute Gasteiger partial charge is 0.481 e. The number of aliphatic carboxylic acids is 1. The summed E-state index contributed by atoms with van der Waals surface area (Å²) in [5, 5.41) is 11.8. The summed E-state index contributed by atoms with van der Waals surface area (Å²) in [7, 11) is 0. The van der Waals surface area contributed by atoms with E-state index < -0.39 is 5.97 Å². The van der Waals surface area contributed by atoms with Gasteiger partial charge in [-0.05, 0) is 29.6 Å². The van der Waals surface area contributed by atoms with E-state index >= 15 is 0 Å². The third-order valence-corrected chi connectivity index (χ3v) is 2.03. The van der Waals surface area contributed by atoms with Crippen molar-refractivity contribution in [2.75, 3.05) is 6.54 Å². The Morgan fingerprint density at radius 2 is 2.12 bits per heavy atom. The number of nitrogens with zero attached hydrogens (tertiary/aromatic N) is 3. The van der Waals surface area contributed by atoms with E-state index in [0.717, 1.165) is 11.1 Å². The van der Waals surface area contributed by atoms with Gasteiger partial charge in [0.2, 0.25) is 0 Å². The minimum absolute atomic E-state index is 0.127. The number of carboxylic acid groups (broad SMARTS) is 1. The topological polar surface area (TPSA) is 86.1 Å². The maximum Gasteiger partial charge on any atom is 0.303 e. The number of azide groups is 1. The molecule has 0 fully saturated rings. The summed E-state index contributed by atoms with van der Waals surface area (Å²) in [5.74, 6) is 4.75. The van der Waals surface area contributed by atoms with Crippen LogP contribution in [-0.4, -0.2) is 17.6 Å². The average molecular weight is 229 g/mol. The molecule has 0 radical (unpaired) electrons. The van der Waals surface area contributed by atoms with Crippen LogP contribution in [0.2, 0.25) is 0 Å². The zero-order chi connectivity index (χ0) is 12.5. The van der Waals surface area contributed by atoms with E-state index in [2.05, 4.69) is 21.9 Å². The molecule has 1 rings (SSSR count). The van der Waals surface area contributed by atoms with Gasteiger partial charge in [-0.1, -0.05) is 29.1 Å². The summed E-state index contributed by atoms with van der Waals surface area (Å²) in [6.07, 6.45) is 0.643. The lowest BCUT2D eigenvalue weighted by Gasteiger charge is -1.98. The van der Waals surface area contributed by atoms with Crippen LogP contribution in [0.15, 0.2) is 29.4 Å². The van der Waals surface area contributed by atoms with Crippen molar-refractivity contribution in [3.63, 3.8) is 0 Å². The van der Waals surface area contributed by atoms with Crippen LogP contribution >= 0.6 is 0 Å². The average Bonchev–Trinajstić information content (AvgIpc) is 2.33. The maximum atomic E-state index is 10.4. The summed E-state index contributed by atoms with van der Waals surface area (Å²) in [6, 6.07) is 7.33. The Morgan fingerprint density at radius 3 is 2.71 bits per heavy atom. The van der Waals surface area contributed by atoms with Crippen LogP contribution < -0.4 is 0 Å². The number of hydrogen-bond donors (Lipinski definition) is 1. The molecule has 0 aromatic heterocycles. The van der Waals surface area contributed by atoms with Crippen molar-refractivity contribution in [3.05, 3.63) is 45.8 Å². The first kappa shape index (κ1) is 12.6. The monoisotopic (exact) mass is 229 g/mol. The maximum absolute atomic E-state index is 10.4. The van der Waals surface area contributed by atoms with Gasteiger partial charge in [0.25, 0.3) is 0 Å². The minimum Gasteiger partial charge on any atom is -0.481 e. The molecule has 0 aliphatic heterocycles. The Kier molecular flexibility index (Phi) is 5.15. The number of hydrogen-bond acceptors (Lipinski definition) is 2. The fourth-order valence-electron chi connectivity index (χ4n) is 1.21. The zero-order valence-electron chi connectivity index (χ0n) is 9.13. The zero-order valence-corrected chi connectivity index (χ0v) is 9.13. The van der Waals surface area contributed by atoms with Gasteiger partial charge < -0.3 is 5.11 Å². The minimum atomic E-state index is -0.803. The van der Waals surface area contributed by atoms with Crippen molar-refractivity contribution in [1.82, 2.24) is 0 Å². The van der Waals surface area contributed by atoms with Crippen LogP contribution in [0.25, 0.3) is 10.4 Å². The molecule has 5 nitrogen and oxygen atoms in total. The number of carboxylic acids is 1. The lowest BCUT2D eigenvalue weighted by molar-refractivity contribution is -0.136. The summed E-state index contributed by atoms with van der Waals surface area (Å²) in [4.78, 5) is 13.0. The molecule has 0 spiro atoms. The first-order chi connectivity index (χ1) is 8.22. The molecule has 1 aromatic carbocycles. The van der Waals surface area contributed by atoms with E-state index in [9.17, 15) is 4.79 Å². The van der Waals surface area contributed by atoms with Crippen molar-refractivity contribution < 1.29 is 9.90 Å². The SMILES string of the molecule is [N-]=[N+]=NCC#Cc1ccc(CCC(=O)O)cc1. The van der Waals surface area contributed by atoms with Gasteiger partial charge in [-0.15, -0.1) is 0 Å². The second-order valence-electron chi connectivity index (χ2n) is 3.28. The standard InChI is InChI=1S/C12H11N3O2/c13-15-14-9-1-2-10-3-5-11(6-4-10)7-8-12(16)17/h3-6H,7-9H2,(H,16,17). The van der Waals surface area contributed by atoms with E-state index in [1.807, 2.05) is 24.3 Å². The molecule has 17 heavy (non-hydrogen) atoms. The summed E-state index contributed by atoms with van der Waals surface area (Å²) >= 11 is 0. The smallest absolute Gasteiger partial charge is 0.303 e. The normalized spacial score (nSPS) is 8.71. The molecule has 0 bridgehead atoms. The molecule has 0 saturated heterocycles. The van der Waals surface area contributed by atoms with E-state index in [1.54, 1.807) is 0 Å². The van der Waals surface area contributed by atoms with Crippen molar-refractivity contribution >= 4 is 5.97 Å². The highest BCUT2D eigenvalue weighted by Gasteiger charge is 1.98. The Morgan fingerprint density at radius 1 is 1.41 bits per heavy atom. The third-order valence-electron chi connectivity index (χ3n) is 2.03. The van der Waals surface area contributed by atoms with Gasteiger partial charge in [0.05, 0.1) is 6.54 Å². The Bertz CT molecular complexity index is 491. The van der Waals surface area contributed by atoms with Gasteiger partial charge in [0, 0.05) is 16.9 Å². The molecule has 0 amide bonds. The van der Waals surface area contributed by atoms with E-state index in [4.69, 9.17) is 10.6 Å². The van der Waals surface area contributed by atoms with Gasteiger partial charge in [0.1, 0.15) is 0 Å². The van der Waals surface area contributed by atoms with E-state index in [0.29, 0.717) is 6.42 Å². The van der Waals surface area contributed by atoms with Gasteiger partial charge in [-0.25, -0.2) is 0 Å². The molecule has 0 aliphatic carbocycles. The summed E-state index contributed by atoms with van der Waals surface area (Å²) in [6.45, 7) is 0.150. The lowest BCUT2D eigenvalue weighted by Crippen LogP contribution is -1.97. The van der Waals surface area contributed by atoms with Crippen molar-refractivity contribution in [1.29, 1.82) is 0 Å². The van der Waals surface area contributed by atoms with Crippen LogP contribution in [0.3, 0.4) is 0 Å². The molecular formula is C12H11N3O2. The highest BCUT2D eigenvalue weighted by molar-refractivity contribution is 5.67. The fourth-order valence-corrected chi connectivity index (χ4v) is 1.21. The van der Waals surface area contributed by atoms with E-state index in [1.165, 1.54) is 0 Å².